The predicted molar refractivity (Wildman–Crippen MR) is 80.2 cm³/mol. The van der Waals surface area contributed by atoms with Gasteiger partial charge in [-0.05, 0) is 44.9 Å². The van der Waals surface area contributed by atoms with Gasteiger partial charge >= 0.3 is 0 Å². The Kier molecular flexibility index (Phi) is 5.02. The van der Waals surface area contributed by atoms with Gasteiger partial charge in [-0.3, -0.25) is 0 Å². The maximum atomic E-state index is 6.15. The first-order valence-electron chi connectivity index (χ1n) is 6.20. The third-order valence-corrected chi connectivity index (χ3v) is 4.01. The molecule has 2 nitrogen and oxygen atoms in total. The first kappa shape index (κ1) is 14.3. The van der Waals surface area contributed by atoms with Crippen LogP contribution >= 0.6 is 34.8 Å². The second kappa shape index (κ2) is 6.33. The quantitative estimate of drug-likeness (QED) is 0.850. The lowest BCUT2D eigenvalue weighted by Gasteiger charge is -2.21. The Labute approximate surface area is 123 Å². The minimum Gasteiger partial charge on any atom is -0.380 e. The van der Waals surface area contributed by atoms with Gasteiger partial charge < -0.3 is 10.6 Å². The SMILES string of the molecule is CC(CC1CCCN1)Nc1c(Cl)cc(Cl)cc1Cl. The van der Waals surface area contributed by atoms with Crippen molar-refractivity contribution in [3.8, 4) is 0 Å². The van der Waals surface area contributed by atoms with Crippen LogP contribution in [0.4, 0.5) is 5.69 Å². The molecule has 18 heavy (non-hydrogen) atoms. The van der Waals surface area contributed by atoms with Crippen LogP contribution in [-0.2, 0) is 0 Å². The van der Waals surface area contributed by atoms with E-state index in [4.69, 9.17) is 34.8 Å². The second-order valence-corrected chi connectivity index (χ2v) is 6.07. The molecule has 1 aromatic carbocycles. The normalized spacial score (nSPS) is 21.0. The van der Waals surface area contributed by atoms with E-state index in [1.807, 2.05) is 0 Å². The molecule has 0 amide bonds. The predicted octanol–water partition coefficient (Wildman–Crippen LogP) is 4.59. The topological polar surface area (TPSA) is 24.1 Å². The van der Waals surface area contributed by atoms with Crippen LogP contribution in [0.15, 0.2) is 12.1 Å². The minimum atomic E-state index is 0.316. The first-order chi connectivity index (χ1) is 8.56. The number of halogens is 3. The van der Waals surface area contributed by atoms with Gasteiger partial charge in [-0.15, -0.1) is 0 Å². The molecule has 2 unspecified atom stereocenters. The van der Waals surface area contributed by atoms with E-state index in [1.165, 1.54) is 12.8 Å². The van der Waals surface area contributed by atoms with E-state index in [2.05, 4.69) is 17.6 Å². The third-order valence-electron chi connectivity index (χ3n) is 3.20. The number of nitrogens with one attached hydrogen (secondary N) is 2. The molecule has 1 fully saturated rings. The molecular weight excluding hydrogens is 291 g/mol. The lowest BCUT2D eigenvalue weighted by Crippen LogP contribution is -2.29. The molecule has 1 aromatic rings. The van der Waals surface area contributed by atoms with Crippen molar-refractivity contribution in [2.45, 2.75) is 38.3 Å². The van der Waals surface area contributed by atoms with Crippen molar-refractivity contribution >= 4 is 40.5 Å². The van der Waals surface area contributed by atoms with Gasteiger partial charge in [-0.25, -0.2) is 0 Å². The molecule has 0 bridgehead atoms. The van der Waals surface area contributed by atoms with E-state index in [0.29, 0.717) is 27.2 Å². The fourth-order valence-electron chi connectivity index (χ4n) is 2.37. The fourth-order valence-corrected chi connectivity index (χ4v) is 3.30. The van der Waals surface area contributed by atoms with Crippen molar-refractivity contribution in [3.63, 3.8) is 0 Å². The van der Waals surface area contributed by atoms with Gasteiger partial charge in [0.2, 0.25) is 0 Å². The smallest absolute Gasteiger partial charge is 0.0722 e. The van der Waals surface area contributed by atoms with E-state index in [0.717, 1.165) is 18.7 Å². The summed E-state index contributed by atoms with van der Waals surface area (Å²) in [6.45, 7) is 3.26. The summed E-state index contributed by atoms with van der Waals surface area (Å²) < 4.78 is 0. The Morgan fingerprint density at radius 3 is 2.56 bits per heavy atom. The fraction of sp³-hybridized carbons (Fsp3) is 0.538. The Hall–Kier alpha value is -0.150. The molecule has 1 aliphatic heterocycles. The molecule has 2 atom stereocenters. The first-order valence-corrected chi connectivity index (χ1v) is 7.34. The Bertz CT molecular complexity index is 394. The summed E-state index contributed by atoms with van der Waals surface area (Å²) in [7, 11) is 0. The van der Waals surface area contributed by atoms with Crippen LogP contribution in [0, 0.1) is 0 Å². The van der Waals surface area contributed by atoms with Crippen LogP contribution in [-0.4, -0.2) is 18.6 Å². The van der Waals surface area contributed by atoms with Crippen molar-refractivity contribution in [2.24, 2.45) is 0 Å². The highest BCUT2D eigenvalue weighted by atomic mass is 35.5. The molecule has 5 heteroatoms. The molecular formula is C13H17Cl3N2. The highest BCUT2D eigenvalue weighted by Gasteiger charge is 2.18. The van der Waals surface area contributed by atoms with Gasteiger partial charge in [-0.1, -0.05) is 34.8 Å². The highest BCUT2D eigenvalue weighted by molar-refractivity contribution is 6.41. The molecule has 0 aromatic heterocycles. The summed E-state index contributed by atoms with van der Waals surface area (Å²) in [5.74, 6) is 0. The molecule has 0 aliphatic carbocycles. The van der Waals surface area contributed by atoms with Crippen molar-refractivity contribution in [1.29, 1.82) is 0 Å². The molecule has 2 N–H and O–H groups in total. The maximum absolute atomic E-state index is 6.15. The van der Waals surface area contributed by atoms with Gasteiger partial charge in [0.15, 0.2) is 0 Å². The molecule has 1 saturated heterocycles. The number of anilines is 1. The lowest BCUT2D eigenvalue weighted by atomic mass is 10.1. The van der Waals surface area contributed by atoms with E-state index >= 15 is 0 Å². The maximum Gasteiger partial charge on any atom is 0.0722 e. The van der Waals surface area contributed by atoms with Gasteiger partial charge in [0, 0.05) is 17.1 Å². The highest BCUT2D eigenvalue weighted by Crippen LogP contribution is 2.34. The molecule has 1 aliphatic rings. The third kappa shape index (κ3) is 3.67. The second-order valence-electron chi connectivity index (χ2n) is 4.82. The van der Waals surface area contributed by atoms with Crippen LogP contribution in [0.5, 0.6) is 0 Å². The van der Waals surface area contributed by atoms with Crippen molar-refractivity contribution in [2.75, 3.05) is 11.9 Å². The molecule has 100 valence electrons. The van der Waals surface area contributed by atoms with E-state index in [1.54, 1.807) is 12.1 Å². The summed E-state index contributed by atoms with van der Waals surface area (Å²) >= 11 is 18.2. The molecule has 0 radical (unpaired) electrons. The summed E-state index contributed by atoms with van der Waals surface area (Å²) in [6, 6.07) is 4.32. The minimum absolute atomic E-state index is 0.316. The number of rotatable bonds is 4. The zero-order valence-electron chi connectivity index (χ0n) is 10.3. The van der Waals surface area contributed by atoms with Crippen LogP contribution in [0.25, 0.3) is 0 Å². The monoisotopic (exact) mass is 306 g/mol. The average Bonchev–Trinajstić information content (AvgIpc) is 2.76. The van der Waals surface area contributed by atoms with E-state index in [-0.39, 0.29) is 0 Å². The van der Waals surface area contributed by atoms with E-state index in [9.17, 15) is 0 Å². The number of hydrogen-bond donors (Lipinski definition) is 2. The molecule has 0 spiro atoms. The van der Waals surface area contributed by atoms with Gasteiger partial charge in [-0.2, -0.15) is 0 Å². The van der Waals surface area contributed by atoms with Gasteiger partial charge in [0.05, 0.1) is 15.7 Å². The van der Waals surface area contributed by atoms with Crippen molar-refractivity contribution < 1.29 is 0 Å². The standard InChI is InChI=1S/C13H17Cl3N2/c1-8(5-10-3-2-4-17-10)18-13-11(15)6-9(14)7-12(13)16/h6-8,10,17-18H,2-5H2,1H3. The molecule has 0 saturated carbocycles. The summed E-state index contributed by atoms with van der Waals surface area (Å²) in [5, 5.41) is 8.55. The zero-order valence-corrected chi connectivity index (χ0v) is 12.5. The lowest BCUT2D eigenvalue weighted by molar-refractivity contribution is 0.523. The van der Waals surface area contributed by atoms with Gasteiger partial charge in [0.1, 0.15) is 0 Å². The van der Waals surface area contributed by atoms with Crippen LogP contribution in [0.1, 0.15) is 26.2 Å². The number of benzene rings is 1. The Morgan fingerprint density at radius 1 is 1.33 bits per heavy atom. The van der Waals surface area contributed by atoms with Gasteiger partial charge in [0.25, 0.3) is 0 Å². The van der Waals surface area contributed by atoms with Crippen LogP contribution in [0.2, 0.25) is 15.1 Å². The molecule has 1 heterocycles. The summed E-state index contributed by atoms with van der Waals surface area (Å²) in [6.07, 6.45) is 3.57. The summed E-state index contributed by atoms with van der Waals surface area (Å²) in [5.41, 5.74) is 0.772. The molecule has 2 rings (SSSR count). The van der Waals surface area contributed by atoms with Crippen molar-refractivity contribution in [3.05, 3.63) is 27.2 Å². The zero-order chi connectivity index (χ0) is 13.1. The van der Waals surface area contributed by atoms with E-state index < -0.39 is 0 Å². The average molecular weight is 308 g/mol. The Balaban J connectivity index is 1.99. The largest absolute Gasteiger partial charge is 0.380 e. The van der Waals surface area contributed by atoms with Crippen LogP contribution in [0.3, 0.4) is 0 Å². The van der Waals surface area contributed by atoms with Crippen molar-refractivity contribution in [1.82, 2.24) is 5.32 Å². The Morgan fingerprint density at radius 2 is 2.00 bits per heavy atom. The summed E-state index contributed by atoms with van der Waals surface area (Å²) in [4.78, 5) is 0. The van der Waals surface area contributed by atoms with Crippen LogP contribution < -0.4 is 10.6 Å². The number of hydrogen-bond acceptors (Lipinski definition) is 2.